The van der Waals surface area contributed by atoms with Gasteiger partial charge in [-0.3, -0.25) is 4.90 Å². The molecule has 2 nitrogen and oxygen atoms in total. The van der Waals surface area contributed by atoms with Crippen molar-refractivity contribution in [3.63, 3.8) is 0 Å². The largest absolute Gasteiger partial charge is 0.314 e. The maximum Gasteiger partial charge on any atom is 0.0352 e. The molecule has 3 heteroatoms. The third-order valence-electron chi connectivity index (χ3n) is 3.93. The van der Waals surface area contributed by atoms with E-state index in [9.17, 15) is 0 Å². The maximum absolute atomic E-state index is 3.44. The Labute approximate surface area is 110 Å². The lowest BCUT2D eigenvalue weighted by Crippen LogP contribution is -2.45. The van der Waals surface area contributed by atoms with Gasteiger partial charge in [-0.15, -0.1) is 12.4 Å². The normalized spacial score (nSPS) is 24.8. The summed E-state index contributed by atoms with van der Waals surface area (Å²) in [6.45, 7) is 4.72. The van der Waals surface area contributed by atoms with Gasteiger partial charge in [-0.1, -0.05) is 24.3 Å². The molecule has 1 aromatic carbocycles. The van der Waals surface area contributed by atoms with Gasteiger partial charge in [-0.25, -0.2) is 0 Å². The van der Waals surface area contributed by atoms with Crippen molar-refractivity contribution >= 4 is 12.4 Å². The van der Waals surface area contributed by atoms with Crippen LogP contribution in [0.1, 0.15) is 30.0 Å². The molecule has 0 amide bonds. The average Bonchev–Trinajstić information content (AvgIpc) is 2.39. The molecular weight excluding hydrogens is 232 g/mol. The molecule has 1 aromatic rings. The highest BCUT2D eigenvalue weighted by atomic mass is 35.5. The Morgan fingerprint density at radius 1 is 1.12 bits per heavy atom. The highest BCUT2D eigenvalue weighted by molar-refractivity contribution is 5.85. The van der Waals surface area contributed by atoms with E-state index in [1.165, 1.54) is 32.4 Å². The highest BCUT2D eigenvalue weighted by Crippen LogP contribution is 2.33. The van der Waals surface area contributed by atoms with Crippen LogP contribution in [0, 0.1) is 0 Å². The van der Waals surface area contributed by atoms with Crippen molar-refractivity contribution < 1.29 is 0 Å². The number of nitrogens with zero attached hydrogens (tertiary/aromatic N) is 1. The molecule has 17 heavy (non-hydrogen) atoms. The summed E-state index contributed by atoms with van der Waals surface area (Å²) < 4.78 is 0. The minimum atomic E-state index is 0. The van der Waals surface area contributed by atoms with E-state index in [0.29, 0.717) is 6.04 Å². The van der Waals surface area contributed by atoms with Gasteiger partial charge in [-0.05, 0) is 30.4 Å². The first-order valence-electron chi connectivity index (χ1n) is 6.48. The molecule has 0 spiro atoms. The summed E-state index contributed by atoms with van der Waals surface area (Å²) in [6, 6.07) is 9.70. The van der Waals surface area contributed by atoms with Crippen molar-refractivity contribution in [3.05, 3.63) is 35.4 Å². The van der Waals surface area contributed by atoms with Gasteiger partial charge in [0, 0.05) is 32.2 Å². The summed E-state index contributed by atoms with van der Waals surface area (Å²) >= 11 is 0. The molecule has 1 fully saturated rings. The van der Waals surface area contributed by atoms with Crippen molar-refractivity contribution in [2.24, 2.45) is 0 Å². The lowest BCUT2D eigenvalue weighted by molar-refractivity contribution is 0.158. The van der Waals surface area contributed by atoms with Gasteiger partial charge in [-0.2, -0.15) is 0 Å². The average molecular weight is 253 g/mol. The lowest BCUT2D eigenvalue weighted by Gasteiger charge is -2.38. The molecule has 1 N–H and O–H groups in total. The monoisotopic (exact) mass is 252 g/mol. The highest BCUT2D eigenvalue weighted by Gasteiger charge is 2.26. The maximum atomic E-state index is 3.44. The lowest BCUT2D eigenvalue weighted by atomic mass is 9.86. The number of halogens is 1. The number of hydrogen-bond donors (Lipinski definition) is 1. The van der Waals surface area contributed by atoms with E-state index in [-0.39, 0.29) is 12.4 Å². The Bertz CT molecular complexity index is 361. The van der Waals surface area contributed by atoms with Gasteiger partial charge in [0.05, 0.1) is 0 Å². The Kier molecular flexibility index (Phi) is 4.43. The summed E-state index contributed by atoms with van der Waals surface area (Å²) in [5.74, 6) is 0. The first kappa shape index (κ1) is 12.9. The number of nitrogens with one attached hydrogen (secondary N) is 1. The second kappa shape index (κ2) is 5.85. The smallest absolute Gasteiger partial charge is 0.0352 e. The van der Waals surface area contributed by atoms with Crippen LogP contribution < -0.4 is 5.32 Å². The predicted octanol–water partition coefficient (Wildman–Crippen LogP) is 2.39. The van der Waals surface area contributed by atoms with E-state index in [0.717, 1.165) is 13.1 Å². The second-order valence-electron chi connectivity index (χ2n) is 4.89. The number of fused-ring (bicyclic) bond motifs is 1. The van der Waals surface area contributed by atoms with Crippen LogP contribution in [0.25, 0.3) is 0 Å². The summed E-state index contributed by atoms with van der Waals surface area (Å²) in [7, 11) is 0. The van der Waals surface area contributed by atoms with Crippen LogP contribution in [0.5, 0.6) is 0 Å². The first-order valence-corrected chi connectivity index (χ1v) is 6.48. The molecule has 1 unspecified atom stereocenters. The number of hydrogen-bond acceptors (Lipinski definition) is 2. The summed E-state index contributed by atoms with van der Waals surface area (Å²) in [5.41, 5.74) is 3.17. The molecular formula is C14H21ClN2. The van der Waals surface area contributed by atoms with Gasteiger partial charge in [0.1, 0.15) is 0 Å². The van der Waals surface area contributed by atoms with Crippen LogP contribution in [0.15, 0.2) is 24.3 Å². The molecule has 1 aliphatic carbocycles. The fourth-order valence-electron chi connectivity index (χ4n) is 3.10. The summed E-state index contributed by atoms with van der Waals surface area (Å²) in [6.07, 6.45) is 3.97. The van der Waals surface area contributed by atoms with Gasteiger partial charge in [0.2, 0.25) is 0 Å². The SMILES string of the molecule is Cl.c1ccc2c(c1)CCCC2N1CCNCC1. The molecule has 0 bridgehead atoms. The van der Waals surface area contributed by atoms with Crippen molar-refractivity contribution in [2.75, 3.05) is 26.2 Å². The zero-order chi connectivity index (χ0) is 10.8. The Morgan fingerprint density at radius 2 is 1.88 bits per heavy atom. The standard InChI is InChI=1S/C14H20N2.ClH/c1-2-6-13-12(4-1)5-3-7-14(13)16-10-8-15-9-11-16;/h1-2,4,6,14-15H,3,5,7-11H2;1H. The van der Waals surface area contributed by atoms with Crippen LogP contribution in [-0.4, -0.2) is 31.1 Å². The predicted molar refractivity (Wildman–Crippen MR) is 73.8 cm³/mol. The minimum Gasteiger partial charge on any atom is -0.314 e. The van der Waals surface area contributed by atoms with Crippen LogP contribution >= 0.6 is 12.4 Å². The molecule has 0 aromatic heterocycles. The molecule has 2 aliphatic rings. The van der Waals surface area contributed by atoms with Crippen molar-refractivity contribution in [1.82, 2.24) is 10.2 Å². The third kappa shape index (κ3) is 2.65. The molecule has 1 heterocycles. The molecule has 1 atom stereocenters. The van der Waals surface area contributed by atoms with Crippen molar-refractivity contribution in [3.8, 4) is 0 Å². The fourth-order valence-corrected chi connectivity index (χ4v) is 3.10. The van der Waals surface area contributed by atoms with E-state index >= 15 is 0 Å². The third-order valence-corrected chi connectivity index (χ3v) is 3.93. The Hall–Kier alpha value is -0.570. The zero-order valence-electron chi connectivity index (χ0n) is 10.2. The van der Waals surface area contributed by atoms with Crippen LogP contribution in [-0.2, 0) is 6.42 Å². The second-order valence-corrected chi connectivity index (χ2v) is 4.89. The zero-order valence-corrected chi connectivity index (χ0v) is 11.0. The van der Waals surface area contributed by atoms with E-state index in [4.69, 9.17) is 0 Å². The minimum absolute atomic E-state index is 0. The van der Waals surface area contributed by atoms with E-state index in [1.807, 2.05) is 0 Å². The molecule has 1 aliphatic heterocycles. The van der Waals surface area contributed by atoms with Crippen LogP contribution in [0.2, 0.25) is 0 Å². The summed E-state index contributed by atoms with van der Waals surface area (Å²) in [5, 5.41) is 3.44. The fraction of sp³-hybridized carbons (Fsp3) is 0.571. The molecule has 3 rings (SSSR count). The number of rotatable bonds is 1. The summed E-state index contributed by atoms with van der Waals surface area (Å²) in [4.78, 5) is 2.66. The van der Waals surface area contributed by atoms with E-state index in [1.54, 1.807) is 11.1 Å². The van der Waals surface area contributed by atoms with Crippen LogP contribution in [0.3, 0.4) is 0 Å². The van der Waals surface area contributed by atoms with Gasteiger partial charge in [0.15, 0.2) is 0 Å². The van der Waals surface area contributed by atoms with Gasteiger partial charge < -0.3 is 5.32 Å². The molecule has 0 saturated carbocycles. The van der Waals surface area contributed by atoms with Crippen LogP contribution in [0.4, 0.5) is 0 Å². The van der Waals surface area contributed by atoms with Crippen molar-refractivity contribution in [1.29, 1.82) is 0 Å². The topological polar surface area (TPSA) is 15.3 Å². The van der Waals surface area contributed by atoms with Gasteiger partial charge >= 0.3 is 0 Å². The Morgan fingerprint density at radius 3 is 2.71 bits per heavy atom. The van der Waals surface area contributed by atoms with E-state index in [2.05, 4.69) is 34.5 Å². The van der Waals surface area contributed by atoms with E-state index < -0.39 is 0 Å². The quantitative estimate of drug-likeness (QED) is 0.826. The number of benzene rings is 1. The number of aryl methyl sites for hydroxylation is 1. The molecule has 94 valence electrons. The van der Waals surface area contributed by atoms with Gasteiger partial charge in [0.25, 0.3) is 0 Å². The first-order chi connectivity index (χ1) is 7.95. The molecule has 1 saturated heterocycles. The number of piperazine rings is 1. The molecule has 0 radical (unpaired) electrons. The van der Waals surface area contributed by atoms with Crippen molar-refractivity contribution in [2.45, 2.75) is 25.3 Å². The Balaban J connectivity index is 0.00000108.